The monoisotopic (exact) mass is 501 g/mol. The number of aliphatic imine (C=N–C) groups is 1. The lowest BCUT2D eigenvalue weighted by molar-refractivity contribution is -0.137. The molecular formula is C20H19F4N5O4S. The largest absolute Gasteiger partial charge is 0.417 e. The van der Waals surface area contributed by atoms with E-state index in [4.69, 9.17) is 10.5 Å². The summed E-state index contributed by atoms with van der Waals surface area (Å²) in [7, 11) is -2.80. The van der Waals surface area contributed by atoms with Crippen LogP contribution in [0.1, 0.15) is 28.0 Å². The number of nitrogens with zero attached hydrogens (tertiary/aromatic N) is 3. The first kappa shape index (κ1) is 23.9. The molecule has 9 nitrogen and oxygen atoms in total. The Kier molecular flexibility index (Phi) is 5.76. The second-order valence-electron chi connectivity index (χ2n) is 7.80. The lowest BCUT2D eigenvalue weighted by atomic mass is 9.82. The van der Waals surface area contributed by atoms with Crippen molar-refractivity contribution >= 4 is 27.6 Å². The third kappa shape index (κ3) is 3.96. The van der Waals surface area contributed by atoms with Crippen LogP contribution in [0.2, 0.25) is 0 Å². The molecule has 1 aromatic heterocycles. The number of hydrogen-bond acceptors (Lipinski definition) is 7. The lowest BCUT2D eigenvalue weighted by Gasteiger charge is -2.45. The van der Waals surface area contributed by atoms with Gasteiger partial charge in [0.25, 0.3) is 5.91 Å². The average molecular weight is 501 g/mol. The van der Waals surface area contributed by atoms with E-state index in [1.54, 1.807) is 0 Å². The highest BCUT2D eigenvalue weighted by Gasteiger charge is 2.56. The Balaban J connectivity index is 1.70. The van der Waals surface area contributed by atoms with Gasteiger partial charge in [0.05, 0.1) is 12.2 Å². The number of nitrogens with one attached hydrogen (secondary N) is 1. The van der Waals surface area contributed by atoms with Crippen LogP contribution in [-0.4, -0.2) is 55.1 Å². The molecule has 14 heteroatoms. The highest BCUT2D eigenvalue weighted by molar-refractivity contribution is 7.90. The zero-order chi connectivity index (χ0) is 24.9. The molecule has 3 N–H and O–H groups in total. The van der Waals surface area contributed by atoms with Gasteiger partial charge in [-0.2, -0.15) is 13.2 Å². The number of halogens is 4. The molecule has 0 saturated carbocycles. The SMILES string of the molecule is CN1C(N)=NC2(c3cc(NC(=O)c4ccc(C(F)(F)F)cn4)ccc3F)CCOCC2S1(=O)=O. The van der Waals surface area contributed by atoms with Crippen LogP contribution in [0.5, 0.6) is 0 Å². The average Bonchev–Trinajstić information content (AvgIpc) is 2.78. The number of fused-ring (bicyclic) bond motifs is 1. The Bertz CT molecular complexity index is 1270. The maximum absolute atomic E-state index is 15.0. The second kappa shape index (κ2) is 8.20. The first-order valence-corrected chi connectivity index (χ1v) is 11.4. The number of nitrogens with two attached hydrogens (primary N) is 1. The van der Waals surface area contributed by atoms with Gasteiger partial charge in [0.15, 0.2) is 0 Å². The molecule has 2 aliphatic rings. The molecule has 4 rings (SSSR count). The molecule has 0 bridgehead atoms. The molecule has 0 spiro atoms. The van der Waals surface area contributed by atoms with Gasteiger partial charge in [-0.3, -0.25) is 9.78 Å². The van der Waals surface area contributed by atoms with Crippen molar-refractivity contribution < 1.29 is 35.5 Å². The van der Waals surface area contributed by atoms with Crippen LogP contribution in [0.3, 0.4) is 0 Å². The van der Waals surface area contributed by atoms with Crippen LogP contribution in [0, 0.1) is 5.82 Å². The van der Waals surface area contributed by atoms with Crippen molar-refractivity contribution in [1.29, 1.82) is 0 Å². The van der Waals surface area contributed by atoms with Gasteiger partial charge in [-0.1, -0.05) is 0 Å². The summed E-state index contributed by atoms with van der Waals surface area (Å²) in [5.74, 6) is -1.93. The second-order valence-corrected chi connectivity index (χ2v) is 9.95. The summed E-state index contributed by atoms with van der Waals surface area (Å²) in [5.41, 5.74) is 2.89. The molecule has 1 amide bonds. The first-order chi connectivity index (χ1) is 15.9. The Morgan fingerprint density at radius 2 is 2.03 bits per heavy atom. The molecule has 1 saturated heterocycles. The number of pyridine rings is 1. The quantitative estimate of drug-likeness (QED) is 0.620. The third-order valence-electron chi connectivity index (χ3n) is 5.82. The number of sulfonamides is 1. The van der Waals surface area contributed by atoms with Gasteiger partial charge in [0.1, 0.15) is 22.3 Å². The van der Waals surface area contributed by atoms with Crippen LogP contribution < -0.4 is 11.1 Å². The number of ether oxygens (including phenoxy) is 1. The number of anilines is 1. The van der Waals surface area contributed by atoms with E-state index in [0.29, 0.717) is 12.3 Å². The molecule has 2 aliphatic heterocycles. The van der Waals surface area contributed by atoms with E-state index >= 15 is 4.39 Å². The maximum Gasteiger partial charge on any atom is 0.417 e. The minimum atomic E-state index is -4.61. The summed E-state index contributed by atoms with van der Waals surface area (Å²) in [6.45, 7) is -0.146. The number of carbonyl (C=O) groups is 1. The molecule has 2 atom stereocenters. The van der Waals surface area contributed by atoms with E-state index in [1.165, 1.54) is 19.2 Å². The zero-order valence-corrected chi connectivity index (χ0v) is 18.5. The number of benzene rings is 1. The normalized spacial score (nSPS) is 24.2. The number of rotatable bonds is 3. The Morgan fingerprint density at radius 1 is 1.29 bits per heavy atom. The number of guanidine groups is 1. The number of alkyl halides is 3. The summed E-state index contributed by atoms with van der Waals surface area (Å²) in [5, 5.41) is 1.17. The fourth-order valence-electron chi connectivity index (χ4n) is 3.97. The minimum absolute atomic E-state index is 0.0141. The van der Waals surface area contributed by atoms with E-state index in [0.717, 1.165) is 16.4 Å². The Morgan fingerprint density at radius 3 is 2.68 bits per heavy atom. The topological polar surface area (TPSA) is 127 Å². The number of amides is 1. The molecule has 1 aromatic carbocycles. The molecule has 0 radical (unpaired) electrons. The minimum Gasteiger partial charge on any atom is -0.380 e. The van der Waals surface area contributed by atoms with Gasteiger partial charge >= 0.3 is 6.18 Å². The van der Waals surface area contributed by atoms with E-state index in [-0.39, 0.29) is 42.5 Å². The van der Waals surface area contributed by atoms with E-state index < -0.39 is 44.3 Å². The zero-order valence-electron chi connectivity index (χ0n) is 17.6. The summed E-state index contributed by atoms with van der Waals surface area (Å²) in [6, 6.07) is 5.10. The number of hydrogen-bond donors (Lipinski definition) is 2. The van der Waals surface area contributed by atoms with Gasteiger partial charge in [-0.05, 0) is 30.3 Å². The highest BCUT2D eigenvalue weighted by Crippen LogP contribution is 2.44. The predicted octanol–water partition coefficient (Wildman–Crippen LogP) is 2.07. The Hall–Kier alpha value is -3.26. The fourth-order valence-corrected chi connectivity index (χ4v) is 5.71. The molecule has 3 heterocycles. The summed E-state index contributed by atoms with van der Waals surface area (Å²) in [4.78, 5) is 20.4. The smallest absolute Gasteiger partial charge is 0.380 e. The van der Waals surface area contributed by atoms with Crippen LogP contribution >= 0.6 is 0 Å². The molecule has 34 heavy (non-hydrogen) atoms. The highest BCUT2D eigenvalue weighted by atomic mass is 32.2. The van der Waals surface area contributed by atoms with Gasteiger partial charge in [-0.15, -0.1) is 0 Å². The van der Waals surface area contributed by atoms with Crippen LogP contribution in [-0.2, 0) is 26.5 Å². The van der Waals surface area contributed by atoms with Gasteiger partial charge in [0.2, 0.25) is 16.0 Å². The van der Waals surface area contributed by atoms with Gasteiger partial charge < -0.3 is 15.8 Å². The summed E-state index contributed by atoms with van der Waals surface area (Å²) < 4.78 is 85.3. The van der Waals surface area contributed by atoms with Crippen molar-refractivity contribution in [3.05, 3.63) is 59.2 Å². The molecule has 1 fully saturated rings. The number of aromatic nitrogens is 1. The van der Waals surface area contributed by atoms with E-state index in [9.17, 15) is 26.4 Å². The van der Waals surface area contributed by atoms with Crippen molar-refractivity contribution in [1.82, 2.24) is 9.29 Å². The summed E-state index contributed by atoms with van der Waals surface area (Å²) in [6.07, 6.45) is -4.07. The van der Waals surface area contributed by atoms with Gasteiger partial charge in [-0.25, -0.2) is 22.1 Å². The molecular weight excluding hydrogens is 482 g/mol. The molecule has 2 aromatic rings. The van der Waals surface area contributed by atoms with Crippen molar-refractivity contribution in [3.8, 4) is 0 Å². The lowest BCUT2D eigenvalue weighted by Crippen LogP contribution is -2.61. The molecule has 182 valence electrons. The maximum atomic E-state index is 15.0. The molecule has 2 unspecified atom stereocenters. The van der Waals surface area contributed by atoms with E-state index in [1.807, 2.05) is 0 Å². The standard InChI is InChI=1S/C20H19F4N5O4S/c1-29-18(25)28-19(6-7-33-10-16(19)34(29,31)32)13-8-12(3-4-14(13)21)27-17(30)15-5-2-11(9-26-15)20(22,23)24/h2-5,8-9,16H,6-7,10H2,1H3,(H2,25,28)(H,27,30). The van der Waals surface area contributed by atoms with Crippen molar-refractivity contribution in [2.45, 2.75) is 23.4 Å². The van der Waals surface area contributed by atoms with Crippen molar-refractivity contribution in [3.63, 3.8) is 0 Å². The van der Waals surface area contributed by atoms with Crippen LogP contribution in [0.15, 0.2) is 41.5 Å². The molecule has 0 aliphatic carbocycles. The van der Waals surface area contributed by atoms with Crippen LogP contribution in [0.4, 0.5) is 23.2 Å². The predicted molar refractivity (Wildman–Crippen MR) is 113 cm³/mol. The Labute approximate surface area is 191 Å². The van der Waals surface area contributed by atoms with E-state index in [2.05, 4.69) is 15.3 Å². The van der Waals surface area contributed by atoms with Crippen LogP contribution in [0.25, 0.3) is 0 Å². The summed E-state index contributed by atoms with van der Waals surface area (Å²) >= 11 is 0. The first-order valence-electron chi connectivity index (χ1n) is 9.92. The number of carbonyl (C=O) groups excluding carboxylic acids is 1. The van der Waals surface area contributed by atoms with Crippen molar-refractivity contribution in [2.24, 2.45) is 10.7 Å². The van der Waals surface area contributed by atoms with Gasteiger partial charge in [0, 0.05) is 37.5 Å². The third-order valence-corrected chi connectivity index (χ3v) is 8.02. The fraction of sp³-hybridized carbons (Fsp3) is 0.350. The van der Waals surface area contributed by atoms with Crippen molar-refractivity contribution in [2.75, 3.05) is 25.6 Å².